The fourth-order valence-corrected chi connectivity index (χ4v) is 5.00. The molecule has 0 N–H and O–H groups in total. The Morgan fingerprint density at radius 1 is 0.574 bits per heavy atom. The minimum Gasteiger partial charge on any atom is -0.486 e. The van der Waals surface area contributed by atoms with Crippen molar-refractivity contribution in [1.82, 2.24) is 0 Å². The van der Waals surface area contributed by atoms with Crippen LogP contribution in [0.4, 0.5) is 35.1 Å². The van der Waals surface area contributed by atoms with E-state index in [1.165, 1.54) is 23.8 Å². The van der Waals surface area contributed by atoms with Crippen molar-refractivity contribution in [2.75, 3.05) is 0 Å². The molecule has 10 heteroatoms. The second kappa shape index (κ2) is 14.3. The average Bonchev–Trinajstić information content (AvgIpc) is 3.03. The van der Waals surface area contributed by atoms with Crippen molar-refractivity contribution in [3.63, 3.8) is 0 Å². The van der Waals surface area contributed by atoms with E-state index in [2.05, 4.69) is 11.7 Å². The highest BCUT2D eigenvalue weighted by Crippen LogP contribution is 2.35. The molecule has 0 aliphatic heterocycles. The summed E-state index contributed by atoms with van der Waals surface area (Å²) in [6.45, 7) is 1.73. The van der Waals surface area contributed by atoms with E-state index in [0.717, 1.165) is 43.4 Å². The van der Waals surface area contributed by atoms with Gasteiger partial charge in [-0.05, 0) is 71.0 Å². The molecule has 2 nitrogen and oxygen atoms in total. The number of benzene rings is 5. The molecular formula is C37H28F8O2. The molecule has 0 amide bonds. The molecule has 5 aromatic rings. The predicted molar refractivity (Wildman–Crippen MR) is 162 cm³/mol. The summed E-state index contributed by atoms with van der Waals surface area (Å²) in [6, 6.07) is 19.2. The zero-order chi connectivity index (χ0) is 33.7. The first kappa shape index (κ1) is 33.5. The fraction of sp³-hybridized carbons (Fsp3) is 0.189. The largest absolute Gasteiger partial charge is 0.486 e. The van der Waals surface area contributed by atoms with Crippen LogP contribution >= 0.6 is 0 Å². The van der Waals surface area contributed by atoms with Crippen molar-refractivity contribution in [2.24, 2.45) is 0 Å². The van der Waals surface area contributed by atoms with Crippen LogP contribution in [-0.2, 0) is 19.1 Å². The Hall–Kier alpha value is -4.86. The van der Waals surface area contributed by atoms with E-state index in [9.17, 15) is 30.7 Å². The summed E-state index contributed by atoms with van der Waals surface area (Å²) in [4.78, 5) is 0. The lowest BCUT2D eigenvalue weighted by Gasteiger charge is -2.19. The van der Waals surface area contributed by atoms with Gasteiger partial charge in [0.1, 0.15) is 24.0 Å². The van der Waals surface area contributed by atoms with Gasteiger partial charge in [0, 0.05) is 17.7 Å². The number of alkyl halides is 2. The molecule has 0 aliphatic carbocycles. The van der Waals surface area contributed by atoms with E-state index in [-0.39, 0.29) is 34.6 Å². The van der Waals surface area contributed by atoms with Gasteiger partial charge in [0.15, 0.2) is 29.0 Å². The molecule has 0 bridgehead atoms. The molecule has 0 spiro atoms. The Morgan fingerprint density at radius 2 is 1.21 bits per heavy atom. The molecule has 0 saturated carbocycles. The molecule has 0 aromatic heterocycles. The van der Waals surface area contributed by atoms with Crippen molar-refractivity contribution in [3.8, 4) is 33.8 Å². The number of ether oxygens (including phenoxy) is 2. The first-order chi connectivity index (χ1) is 22.4. The van der Waals surface area contributed by atoms with Gasteiger partial charge < -0.3 is 9.47 Å². The van der Waals surface area contributed by atoms with Crippen molar-refractivity contribution >= 4 is 0 Å². The van der Waals surface area contributed by atoms with Crippen LogP contribution in [0.5, 0.6) is 11.5 Å². The van der Waals surface area contributed by atoms with E-state index < -0.39 is 58.9 Å². The van der Waals surface area contributed by atoms with Crippen LogP contribution in [0.3, 0.4) is 0 Å². The number of rotatable bonds is 12. The average molecular weight is 657 g/mol. The molecule has 0 aliphatic rings. The molecular weight excluding hydrogens is 628 g/mol. The quantitative estimate of drug-likeness (QED) is 0.0756. The zero-order valence-electron chi connectivity index (χ0n) is 25.0. The van der Waals surface area contributed by atoms with Gasteiger partial charge in [0.25, 0.3) is 0 Å². The minimum atomic E-state index is -4.38. The van der Waals surface area contributed by atoms with Crippen LogP contribution in [0.25, 0.3) is 22.3 Å². The maximum absolute atomic E-state index is 15.1. The second-order valence-corrected chi connectivity index (χ2v) is 10.9. The van der Waals surface area contributed by atoms with Crippen LogP contribution in [0, 0.1) is 34.9 Å². The molecule has 0 fully saturated rings. The van der Waals surface area contributed by atoms with Gasteiger partial charge in [0.2, 0.25) is 0 Å². The smallest absolute Gasteiger partial charge is 0.429 e. The van der Waals surface area contributed by atoms with Gasteiger partial charge >= 0.3 is 6.11 Å². The molecule has 0 heterocycles. The Labute approximate surface area is 266 Å². The van der Waals surface area contributed by atoms with Crippen LogP contribution in [-0.4, -0.2) is 0 Å². The van der Waals surface area contributed by atoms with E-state index in [4.69, 9.17) is 4.74 Å². The highest BCUT2D eigenvalue weighted by atomic mass is 19.3. The van der Waals surface area contributed by atoms with Gasteiger partial charge in [-0.15, -0.1) is 0 Å². The lowest BCUT2D eigenvalue weighted by Crippen LogP contribution is -2.24. The zero-order valence-corrected chi connectivity index (χ0v) is 25.0. The number of aryl methyl sites for hydroxylation is 1. The minimum absolute atomic E-state index is 0.0417. The van der Waals surface area contributed by atoms with Crippen molar-refractivity contribution in [3.05, 3.63) is 143 Å². The van der Waals surface area contributed by atoms with Crippen molar-refractivity contribution < 1.29 is 44.6 Å². The summed E-state index contributed by atoms with van der Waals surface area (Å²) in [7, 11) is 0. The summed E-state index contributed by atoms with van der Waals surface area (Å²) in [6.07, 6.45) is 0.0169. The van der Waals surface area contributed by atoms with Gasteiger partial charge in [-0.1, -0.05) is 68.3 Å². The van der Waals surface area contributed by atoms with Gasteiger partial charge in [0.05, 0.1) is 5.56 Å². The summed E-state index contributed by atoms with van der Waals surface area (Å²) < 4.78 is 123. The van der Waals surface area contributed by atoms with E-state index >= 15 is 4.39 Å². The van der Waals surface area contributed by atoms with Gasteiger partial charge in [-0.3, -0.25) is 0 Å². The molecule has 0 radical (unpaired) electrons. The Morgan fingerprint density at radius 3 is 1.85 bits per heavy atom. The van der Waals surface area contributed by atoms with E-state index in [1.54, 1.807) is 12.1 Å². The lowest BCUT2D eigenvalue weighted by atomic mass is 9.98. The van der Waals surface area contributed by atoms with Gasteiger partial charge in [-0.2, -0.15) is 8.78 Å². The third-order valence-electron chi connectivity index (χ3n) is 7.51. The Kier molecular flexibility index (Phi) is 10.2. The maximum Gasteiger partial charge on any atom is 0.429 e. The second-order valence-electron chi connectivity index (χ2n) is 10.9. The standard InChI is InChI=1S/C37H28F8O2/c1-2-3-4-5-22-6-9-24(10-7-22)25-11-13-28(30(38)17-25)26-12-15-35(32(40)18-26)46-21-23-8-14-29(31(39)16-23)37(44,45)47-27-19-33(41)36(43)34(42)20-27/h6-20H,2-5,21H2,1H3. The van der Waals surface area contributed by atoms with E-state index in [0.29, 0.717) is 17.7 Å². The van der Waals surface area contributed by atoms with Crippen LogP contribution in [0.1, 0.15) is 42.9 Å². The van der Waals surface area contributed by atoms with Crippen molar-refractivity contribution in [2.45, 2.75) is 45.3 Å². The lowest BCUT2D eigenvalue weighted by molar-refractivity contribution is -0.187. The summed E-state index contributed by atoms with van der Waals surface area (Å²) >= 11 is 0. The molecule has 0 unspecified atom stereocenters. The van der Waals surface area contributed by atoms with Crippen LogP contribution < -0.4 is 9.47 Å². The normalized spacial score (nSPS) is 11.5. The highest BCUT2D eigenvalue weighted by molar-refractivity contribution is 5.71. The first-order valence-electron chi connectivity index (χ1n) is 14.8. The van der Waals surface area contributed by atoms with Gasteiger partial charge in [-0.25, -0.2) is 26.3 Å². The molecule has 0 atom stereocenters. The highest BCUT2D eigenvalue weighted by Gasteiger charge is 2.38. The fourth-order valence-electron chi connectivity index (χ4n) is 5.00. The number of unbranched alkanes of at least 4 members (excludes halogenated alkanes) is 2. The predicted octanol–water partition coefficient (Wildman–Crippen LogP) is 11.3. The molecule has 0 saturated heterocycles. The van der Waals surface area contributed by atoms with Crippen LogP contribution in [0.15, 0.2) is 91.0 Å². The van der Waals surface area contributed by atoms with Crippen molar-refractivity contribution in [1.29, 1.82) is 0 Å². The Bertz CT molecular complexity index is 1850. The summed E-state index contributed by atoms with van der Waals surface area (Å²) in [5.41, 5.74) is 1.93. The number of hydrogen-bond donors (Lipinski definition) is 0. The third-order valence-corrected chi connectivity index (χ3v) is 7.51. The molecule has 5 aromatic carbocycles. The summed E-state index contributed by atoms with van der Waals surface area (Å²) in [5, 5.41) is 0. The SMILES string of the molecule is CCCCCc1ccc(-c2ccc(-c3ccc(OCc4ccc(C(F)(F)Oc5cc(F)c(F)c(F)c5)c(F)c4)c(F)c3)c(F)c2)cc1. The number of halogens is 8. The molecule has 244 valence electrons. The Balaban J connectivity index is 1.23. The summed E-state index contributed by atoms with van der Waals surface area (Å²) in [5.74, 6) is -9.54. The number of hydrogen-bond acceptors (Lipinski definition) is 2. The topological polar surface area (TPSA) is 18.5 Å². The third kappa shape index (κ3) is 7.93. The van der Waals surface area contributed by atoms with E-state index in [1.807, 2.05) is 24.3 Å². The first-order valence-corrected chi connectivity index (χ1v) is 14.8. The molecule has 5 rings (SSSR count). The maximum atomic E-state index is 15.1. The van der Waals surface area contributed by atoms with Crippen LogP contribution in [0.2, 0.25) is 0 Å². The monoisotopic (exact) mass is 656 g/mol. The molecule has 47 heavy (non-hydrogen) atoms.